The lowest BCUT2D eigenvalue weighted by atomic mass is 9.35. The molecule has 0 spiro atoms. The number of piperazine rings is 1. The van der Waals surface area contributed by atoms with Gasteiger partial charge in [0.15, 0.2) is 0 Å². The van der Waals surface area contributed by atoms with Gasteiger partial charge in [-0.05, 0) is 111 Å². The molecule has 0 aromatic carbocycles. The Balaban J connectivity index is 1.49. The molecule has 1 aliphatic heterocycles. The van der Waals surface area contributed by atoms with Crippen LogP contribution in [0.25, 0.3) is 0 Å². The third-order valence-corrected chi connectivity index (χ3v) is 13.8. The fourth-order valence-electron chi connectivity index (χ4n) is 10.8. The maximum Gasteiger partial charge on any atom is 0.228 e. The Hall–Kier alpha value is -1.60. The lowest BCUT2D eigenvalue weighted by Gasteiger charge is -2.69. The third-order valence-electron chi connectivity index (χ3n) is 13.8. The van der Waals surface area contributed by atoms with Gasteiger partial charge in [0.25, 0.3) is 0 Å². The molecule has 0 unspecified atom stereocenters. The molecule has 4 nitrogen and oxygen atoms in total. The van der Waals surface area contributed by atoms with Crippen LogP contribution in [-0.4, -0.2) is 48.9 Å². The molecular formula is C35H55N3O. The van der Waals surface area contributed by atoms with Gasteiger partial charge in [-0.15, -0.1) is 0 Å². The minimum Gasteiger partial charge on any atom is -0.340 e. The van der Waals surface area contributed by atoms with E-state index in [-0.39, 0.29) is 21.7 Å². The average molecular weight is 534 g/mol. The zero-order valence-corrected chi connectivity index (χ0v) is 26.2. The summed E-state index contributed by atoms with van der Waals surface area (Å²) in [5.74, 6) is 1.97. The predicted molar refractivity (Wildman–Crippen MR) is 160 cm³/mol. The van der Waals surface area contributed by atoms with Gasteiger partial charge in [-0.1, -0.05) is 58.4 Å². The highest BCUT2D eigenvalue weighted by Gasteiger charge is 2.66. The number of nitrogens with zero attached hydrogens (tertiary/aromatic N) is 3. The quantitative estimate of drug-likeness (QED) is 0.349. The number of hydrogen-bond donors (Lipinski definition) is 0. The smallest absolute Gasteiger partial charge is 0.228 e. The minimum atomic E-state index is -0.254. The maximum absolute atomic E-state index is 14.0. The Labute approximate surface area is 239 Å². The van der Waals surface area contributed by atoms with Crippen molar-refractivity contribution in [3.63, 3.8) is 0 Å². The van der Waals surface area contributed by atoms with E-state index in [9.17, 15) is 10.1 Å². The summed E-state index contributed by atoms with van der Waals surface area (Å²) in [6.07, 6.45) is 13.6. The molecule has 1 amide bonds. The molecule has 39 heavy (non-hydrogen) atoms. The van der Waals surface area contributed by atoms with Gasteiger partial charge < -0.3 is 9.80 Å². The van der Waals surface area contributed by atoms with Crippen molar-refractivity contribution < 1.29 is 4.79 Å². The molecule has 4 aliphatic carbocycles. The summed E-state index contributed by atoms with van der Waals surface area (Å²) < 4.78 is 0. The van der Waals surface area contributed by atoms with Crippen molar-refractivity contribution in [1.29, 1.82) is 5.26 Å². The van der Waals surface area contributed by atoms with Gasteiger partial charge in [0.05, 0.1) is 6.07 Å². The standard InChI is InChI=1S/C35H55N3O/c1-25(2)26-12-14-35(7)29(33(26,5)13-9-19-36)11-10-27-28-24-32(4,30(39)38-22-20-37(8)21-23-38)16-15-31(28,3)17-18-34(27,35)6/h10,26,28-29H,1,9,11-18,20-24H2,2-8H3/t26-,28-,29+,31+,32+,33-,34+,35+/m0/s1. The van der Waals surface area contributed by atoms with Crippen molar-refractivity contribution >= 4 is 5.91 Å². The Morgan fingerprint density at radius 1 is 1.05 bits per heavy atom. The molecule has 1 saturated heterocycles. The molecule has 0 aromatic heterocycles. The van der Waals surface area contributed by atoms with Gasteiger partial charge in [-0.2, -0.15) is 5.26 Å². The molecule has 0 bridgehead atoms. The molecular weight excluding hydrogens is 478 g/mol. The van der Waals surface area contributed by atoms with E-state index in [2.05, 4.69) is 77.1 Å². The highest BCUT2D eigenvalue weighted by Crippen LogP contribution is 2.74. The van der Waals surface area contributed by atoms with Crippen molar-refractivity contribution in [1.82, 2.24) is 9.80 Å². The van der Waals surface area contributed by atoms with Gasteiger partial charge in [0.2, 0.25) is 5.91 Å². The fourth-order valence-corrected chi connectivity index (χ4v) is 10.8. The second-order valence-electron chi connectivity index (χ2n) is 15.9. The zero-order valence-electron chi connectivity index (χ0n) is 26.2. The summed E-state index contributed by atoms with van der Waals surface area (Å²) in [5, 5.41) is 9.58. The highest BCUT2D eigenvalue weighted by molar-refractivity contribution is 5.82. The molecule has 4 fully saturated rings. The van der Waals surface area contributed by atoms with Crippen LogP contribution in [0.4, 0.5) is 0 Å². The fraction of sp³-hybridized carbons (Fsp3) is 0.829. The summed E-state index contributed by atoms with van der Waals surface area (Å²) >= 11 is 0. The largest absolute Gasteiger partial charge is 0.340 e. The topological polar surface area (TPSA) is 47.3 Å². The van der Waals surface area contributed by atoms with Crippen molar-refractivity contribution in [2.45, 2.75) is 106 Å². The summed E-state index contributed by atoms with van der Waals surface area (Å²) in [6.45, 7) is 22.9. The van der Waals surface area contributed by atoms with Crippen LogP contribution in [-0.2, 0) is 4.79 Å². The second-order valence-corrected chi connectivity index (χ2v) is 15.9. The van der Waals surface area contributed by atoms with E-state index >= 15 is 0 Å². The third kappa shape index (κ3) is 4.27. The van der Waals surface area contributed by atoms with Crippen LogP contribution in [0.2, 0.25) is 0 Å². The highest BCUT2D eigenvalue weighted by atomic mass is 16.2. The maximum atomic E-state index is 14.0. The Morgan fingerprint density at radius 2 is 1.72 bits per heavy atom. The second kappa shape index (κ2) is 9.75. The molecule has 8 atom stereocenters. The van der Waals surface area contributed by atoms with Crippen molar-refractivity contribution in [3.05, 3.63) is 23.8 Å². The van der Waals surface area contributed by atoms with Gasteiger partial charge in [-0.3, -0.25) is 4.79 Å². The molecule has 1 heterocycles. The molecule has 5 aliphatic rings. The monoisotopic (exact) mass is 533 g/mol. The number of amides is 1. The molecule has 4 heteroatoms. The summed E-state index contributed by atoms with van der Waals surface area (Å²) in [6, 6.07) is 2.48. The lowest BCUT2D eigenvalue weighted by molar-refractivity contribution is -0.155. The van der Waals surface area contributed by atoms with E-state index in [1.165, 1.54) is 37.7 Å². The molecule has 0 radical (unpaired) electrons. The van der Waals surface area contributed by atoms with Crippen LogP contribution in [0.15, 0.2) is 23.8 Å². The lowest BCUT2D eigenvalue weighted by Crippen LogP contribution is -2.61. The number of rotatable bonds is 4. The number of likely N-dealkylation sites (N-methyl/N-ethyl adjacent to an activating group) is 1. The van der Waals surface area contributed by atoms with Crippen LogP contribution in [0.3, 0.4) is 0 Å². The van der Waals surface area contributed by atoms with Crippen LogP contribution in [0.1, 0.15) is 106 Å². The number of carbonyl (C=O) groups excluding carboxylic acids is 1. The normalized spacial score (nSPS) is 46.3. The zero-order chi connectivity index (χ0) is 28.4. The number of hydrogen-bond acceptors (Lipinski definition) is 3. The summed E-state index contributed by atoms with van der Waals surface area (Å²) in [7, 11) is 2.16. The number of carbonyl (C=O) groups is 1. The first-order chi connectivity index (χ1) is 18.2. The molecule has 0 aromatic rings. The van der Waals surface area contributed by atoms with Gasteiger partial charge in [0.1, 0.15) is 0 Å². The number of fused-ring (bicyclic) bond motifs is 5. The van der Waals surface area contributed by atoms with E-state index in [0.717, 1.165) is 51.9 Å². The average Bonchev–Trinajstić information content (AvgIpc) is 2.89. The number of allylic oxidation sites excluding steroid dienone is 3. The summed E-state index contributed by atoms with van der Waals surface area (Å²) in [4.78, 5) is 18.5. The molecule has 5 rings (SSSR count). The van der Waals surface area contributed by atoms with Gasteiger partial charge in [0, 0.05) is 38.0 Å². The first kappa shape index (κ1) is 28.9. The van der Waals surface area contributed by atoms with Crippen molar-refractivity contribution in [2.24, 2.45) is 44.8 Å². The first-order valence-corrected chi connectivity index (χ1v) is 15.9. The SMILES string of the molecule is C=C(C)[C@@H]1CC[C@]2(C)[C@H](CC=C3[C@@H]4C[C@](C)(C(=O)N5CCN(C)CC5)CC[C@]4(C)CC[C@]32C)[C@@]1(C)CCC#N. The van der Waals surface area contributed by atoms with Crippen LogP contribution >= 0.6 is 0 Å². The van der Waals surface area contributed by atoms with E-state index in [1.54, 1.807) is 5.57 Å². The van der Waals surface area contributed by atoms with E-state index in [4.69, 9.17) is 0 Å². The molecule has 3 saturated carbocycles. The minimum absolute atomic E-state index is 0.110. The van der Waals surface area contributed by atoms with Crippen LogP contribution < -0.4 is 0 Å². The van der Waals surface area contributed by atoms with Crippen LogP contribution in [0, 0.1) is 56.2 Å². The van der Waals surface area contributed by atoms with Gasteiger partial charge >= 0.3 is 0 Å². The summed E-state index contributed by atoms with van der Waals surface area (Å²) in [5.41, 5.74) is 3.53. The Kier molecular flexibility index (Phi) is 7.23. The Morgan fingerprint density at radius 3 is 2.36 bits per heavy atom. The van der Waals surface area contributed by atoms with E-state index in [1.807, 2.05) is 0 Å². The van der Waals surface area contributed by atoms with Crippen molar-refractivity contribution in [3.8, 4) is 6.07 Å². The predicted octanol–water partition coefficient (Wildman–Crippen LogP) is 7.62. The molecule has 216 valence electrons. The van der Waals surface area contributed by atoms with E-state index < -0.39 is 0 Å². The molecule has 0 N–H and O–H groups in total. The van der Waals surface area contributed by atoms with Gasteiger partial charge in [-0.25, -0.2) is 0 Å². The first-order valence-electron chi connectivity index (χ1n) is 15.9. The number of nitriles is 1. The Bertz CT molecular complexity index is 1080. The van der Waals surface area contributed by atoms with Crippen molar-refractivity contribution in [2.75, 3.05) is 33.2 Å². The van der Waals surface area contributed by atoms with Crippen LogP contribution in [0.5, 0.6) is 0 Å². The van der Waals surface area contributed by atoms with E-state index in [0.29, 0.717) is 35.5 Å².